The fourth-order valence-corrected chi connectivity index (χ4v) is 4.00. The van der Waals surface area contributed by atoms with Gasteiger partial charge in [0.05, 0.1) is 41.0 Å². The molecule has 1 saturated heterocycles. The van der Waals surface area contributed by atoms with Gasteiger partial charge < -0.3 is 10.6 Å². The topological polar surface area (TPSA) is 96.6 Å². The second-order valence-electron chi connectivity index (χ2n) is 7.40. The van der Waals surface area contributed by atoms with E-state index in [1.54, 1.807) is 30.9 Å². The number of rotatable bonds is 3. The summed E-state index contributed by atoms with van der Waals surface area (Å²) < 4.78 is 28.2. The van der Waals surface area contributed by atoms with Crippen LogP contribution in [0.5, 0.6) is 0 Å². The summed E-state index contributed by atoms with van der Waals surface area (Å²) in [6.45, 7) is 0.523. The molecule has 30 heavy (non-hydrogen) atoms. The fraction of sp³-hybridized carbons (Fsp3) is 0.238. The van der Waals surface area contributed by atoms with E-state index in [0.717, 1.165) is 11.6 Å². The molecule has 3 N–H and O–H groups in total. The van der Waals surface area contributed by atoms with Crippen molar-refractivity contribution < 1.29 is 8.78 Å². The normalized spacial score (nSPS) is 19.4. The monoisotopic (exact) mass is 407 g/mol. The van der Waals surface area contributed by atoms with Crippen LogP contribution in [0.25, 0.3) is 22.3 Å². The molecule has 3 aromatic heterocycles. The van der Waals surface area contributed by atoms with E-state index >= 15 is 0 Å². The molecule has 2 unspecified atom stereocenters. The Hall–Kier alpha value is -3.46. The number of aromatic nitrogens is 5. The molecule has 4 heterocycles. The molecular weight excluding hydrogens is 388 g/mol. The summed E-state index contributed by atoms with van der Waals surface area (Å²) in [5, 5.41) is 6.83. The quantitative estimate of drug-likeness (QED) is 0.541. The lowest BCUT2D eigenvalue weighted by molar-refractivity contribution is 0.409. The van der Waals surface area contributed by atoms with Crippen LogP contribution >= 0.6 is 0 Å². The molecule has 9 heteroatoms. The first-order chi connectivity index (χ1) is 14.6. The highest BCUT2D eigenvalue weighted by Gasteiger charge is 2.33. The van der Waals surface area contributed by atoms with Gasteiger partial charge in [0.25, 0.3) is 0 Å². The van der Waals surface area contributed by atoms with E-state index < -0.39 is 11.6 Å². The Balaban J connectivity index is 1.70. The van der Waals surface area contributed by atoms with Gasteiger partial charge >= 0.3 is 0 Å². The zero-order chi connectivity index (χ0) is 20.7. The molecule has 0 spiro atoms. The third-order valence-electron chi connectivity index (χ3n) is 5.44. The molecule has 1 aromatic carbocycles. The van der Waals surface area contributed by atoms with Gasteiger partial charge in [-0.2, -0.15) is 5.10 Å². The van der Waals surface area contributed by atoms with E-state index in [-0.39, 0.29) is 12.1 Å². The van der Waals surface area contributed by atoms with E-state index in [4.69, 9.17) is 15.7 Å². The summed E-state index contributed by atoms with van der Waals surface area (Å²) in [6.07, 6.45) is 7.97. The Morgan fingerprint density at radius 1 is 1.10 bits per heavy atom. The lowest BCUT2D eigenvalue weighted by Gasteiger charge is -2.40. The lowest BCUT2D eigenvalue weighted by atomic mass is 9.92. The number of benzene rings is 1. The van der Waals surface area contributed by atoms with Crippen molar-refractivity contribution in [3.63, 3.8) is 0 Å². The van der Waals surface area contributed by atoms with Gasteiger partial charge in [-0.15, -0.1) is 0 Å². The number of fused-ring (bicyclic) bond motifs is 1. The maximum atomic E-state index is 14.7. The number of aromatic amines is 1. The number of piperidine rings is 1. The van der Waals surface area contributed by atoms with Crippen LogP contribution in [-0.2, 0) is 0 Å². The Kier molecular flexibility index (Phi) is 4.59. The second kappa shape index (κ2) is 7.42. The molecular formula is C21H19F2N7. The molecule has 0 saturated carbocycles. The van der Waals surface area contributed by atoms with Crippen molar-refractivity contribution in [1.29, 1.82) is 0 Å². The average Bonchev–Trinajstić information content (AvgIpc) is 3.28. The van der Waals surface area contributed by atoms with Crippen molar-refractivity contribution in [2.45, 2.75) is 24.9 Å². The maximum absolute atomic E-state index is 14.7. The minimum absolute atomic E-state index is 0.0677. The van der Waals surface area contributed by atoms with Crippen molar-refractivity contribution in [2.75, 3.05) is 11.4 Å². The zero-order valence-electron chi connectivity index (χ0n) is 16.0. The molecule has 4 aromatic rings. The number of H-pyrrole nitrogens is 1. The minimum Gasteiger partial charge on any atom is -0.360 e. The molecule has 2 atom stereocenters. The third-order valence-corrected chi connectivity index (χ3v) is 5.44. The first kappa shape index (κ1) is 18.6. The number of nitrogens with one attached hydrogen (secondary N) is 1. The van der Waals surface area contributed by atoms with Crippen LogP contribution in [0.1, 0.15) is 24.6 Å². The van der Waals surface area contributed by atoms with Crippen LogP contribution in [0.15, 0.2) is 49.1 Å². The molecule has 1 aliphatic rings. The summed E-state index contributed by atoms with van der Waals surface area (Å²) in [5.74, 6) is -1.23. The van der Waals surface area contributed by atoms with E-state index in [0.29, 0.717) is 47.5 Å². The molecule has 7 nitrogen and oxygen atoms in total. The van der Waals surface area contributed by atoms with Crippen LogP contribution < -0.4 is 10.6 Å². The predicted molar refractivity (Wildman–Crippen MR) is 109 cm³/mol. The van der Waals surface area contributed by atoms with Crippen molar-refractivity contribution in [1.82, 2.24) is 25.1 Å². The SMILES string of the molecule is NC1CCN(c2ccc(F)cc2F)C(c2nc3ccncc3nc2-c2cn[nH]c2)C1. The van der Waals surface area contributed by atoms with Crippen molar-refractivity contribution >= 4 is 16.7 Å². The first-order valence-electron chi connectivity index (χ1n) is 9.68. The van der Waals surface area contributed by atoms with Gasteiger partial charge in [-0.25, -0.2) is 18.7 Å². The van der Waals surface area contributed by atoms with Gasteiger partial charge in [-0.3, -0.25) is 10.1 Å². The molecule has 0 aliphatic carbocycles. The number of nitrogens with zero attached hydrogens (tertiary/aromatic N) is 5. The Bertz CT molecular complexity index is 1200. The van der Waals surface area contributed by atoms with Crippen LogP contribution in [-0.4, -0.2) is 37.7 Å². The van der Waals surface area contributed by atoms with Crippen molar-refractivity contribution in [3.8, 4) is 11.3 Å². The van der Waals surface area contributed by atoms with Gasteiger partial charge in [0.2, 0.25) is 0 Å². The standard InChI is InChI=1S/C21H19F2N7/c22-13-1-2-18(15(23)7-13)30-6-4-14(24)8-19(30)21-20(12-9-26-27-10-12)29-17-11-25-5-3-16(17)28-21/h1-3,5,7,9-11,14,19H,4,6,8,24H2,(H,26,27). The summed E-state index contributed by atoms with van der Waals surface area (Å²) >= 11 is 0. The number of halogens is 2. The van der Waals surface area contributed by atoms with E-state index in [1.165, 1.54) is 12.1 Å². The fourth-order valence-electron chi connectivity index (χ4n) is 4.00. The summed E-state index contributed by atoms with van der Waals surface area (Å²) in [4.78, 5) is 15.7. The predicted octanol–water partition coefficient (Wildman–Crippen LogP) is 3.36. The Morgan fingerprint density at radius 2 is 2.00 bits per heavy atom. The molecule has 0 amide bonds. The molecule has 1 aliphatic heterocycles. The number of pyridine rings is 1. The largest absolute Gasteiger partial charge is 0.360 e. The smallest absolute Gasteiger partial charge is 0.149 e. The molecule has 1 fully saturated rings. The average molecular weight is 407 g/mol. The van der Waals surface area contributed by atoms with Crippen LogP contribution in [0.2, 0.25) is 0 Å². The molecule has 0 radical (unpaired) electrons. The number of hydrogen-bond donors (Lipinski definition) is 2. The van der Waals surface area contributed by atoms with E-state index in [9.17, 15) is 8.78 Å². The minimum atomic E-state index is -0.613. The summed E-state index contributed by atoms with van der Waals surface area (Å²) in [7, 11) is 0. The van der Waals surface area contributed by atoms with Crippen molar-refractivity contribution in [3.05, 3.63) is 66.4 Å². The van der Waals surface area contributed by atoms with Gasteiger partial charge in [-0.1, -0.05) is 0 Å². The highest BCUT2D eigenvalue weighted by atomic mass is 19.1. The van der Waals surface area contributed by atoms with Crippen LogP contribution in [0.3, 0.4) is 0 Å². The molecule has 0 bridgehead atoms. The maximum Gasteiger partial charge on any atom is 0.149 e. The highest BCUT2D eigenvalue weighted by molar-refractivity contribution is 5.77. The van der Waals surface area contributed by atoms with Gasteiger partial charge in [0.1, 0.15) is 17.2 Å². The van der Waals surface area contributed by atoms with Crippen LogP contribution in [0.4, 0.5) is 14.5 Å². The third kappa shape index (κ3) is 3.26. The van der Waals surface area contributed by atoms with Crippen LogP contribution in [0, 0.1) is 11.6 Å². The van der Waals surface area contributed by atoms with Gasteiger partial charge in [-0.05, 0) is 31.0 Å². The Morgan fingerprint density at radius 3 is 2.80 bits per heavy atom. The molecule has 152 valence electrons. The van der Waals surface area contributed by atoms with E-state index in [1.807, 2.05) is 4.90 Å². The molecule has 5 rings (SSSR count). The number of hydrogen-bond acceptors (Lipinski definition) is 6. The number of nitrogens with two attached hydrogens (primary N) is 1. The summed E-state index contributed by atoms with van der Waals surface area (Å²) in [5.41, 5.74) is 10.0. The lowest BCUT2D eigenvalue weighted by Crippen LogP contribution is -2.43. The zero-order valence-corrected chi connectivity index (χ0v) is 16.0. The van der Waals surface area contributed by atoms with E-state index in [2.05, 4.69) is 15.2 Å². The van der Waals surface area contributed by atoms with Crippen molar-refractivity contribution in [2.24, 2.45) is 5.73 Å². The first-order valence-corrected chi connectivity index (χ1v) is 9.68. The number of anilines is 1. The second-order valence-corrected chi connectivity index (χ2v) is 7.40. The van der Waals surface area contributed by atoms with Gasteiger partial charge in [0, 0.05) is 36.6 Å². The summed E-state index contributed by atoms with van der Waals surface area (Å²) in [6, 6.07) is 5.01. The van der Waals surface area contributed by atoms with Gasteiger partial charge in [0.15, 0.2) is 0 Å². The highest BCUT2D eigenvalue weighted by Crippen LogP contribution is 2.39. The Labute approximate surface area is 171 Å².